The van der Waals surface area contributed by atoms with Gasteiger partial charge in [0, 0.05) is 7.05 Å². The molecule has 0 saturated heterocycles. The van der Waals surface area contributed by atoms with E-state index in [2.05, 4.69) is 9.89 Å². The van der Waals surface area contributed by atoms with E-state index in [-0.39, 0.29) is 12.4 Å². The third kappa shape index (κ3) is 3.29. The number of hydrogen-bond acceptors (Lipinski definition) is 4. The van der Waals surface area contributed by atoms with Crippen LogP contribution < -0.4 is 5.73 Å². The zero-order valence-corrected chi connectivity index (χ0v) is 6.44. The number of oxime groups is 1. The monoisotopic (exact) mass is 161 g/mol. The van der Waals surface area contributed by atoms with Crippen molar-refractivity contribution in [2.45, 2.75) is 0 Å². The van der Waals surface area contributed by atoms with Crippen LogP contribution in [-0.2, 0) is 4.74 Å². The van der Waals surface area contributed by atoms with Gasteiger partial charge in [-0.3, -0.25) is 0 Å². The Morgan fingerprint density at radius 1 is 1.82 bits per heavy atom. The first kappa shape index (κ1) is 9.54. The molecule has 11 heavy (non-hydrogen) atoms. The van der Waals surface area contributed by atoms with Crippen LogP contribution in [0.2, 0.25) is 0 Å². The predicted octanol–water partition coefficient (Wildman–Crippen LogP) is -0.569. The summed E-state index contributed by atoms with van der Waals surface area (Å²) >= 11 is 0. The molecule has 0 aromatic carbocycles. The van der Waals surface area contributed by atoms with Gasteiger partial charge in [-0.25, -0.2) is 4.79 Å². The van der Waals surface area contributed by atoms with Crippen molar-refractivity contribution in [3.63, 3.8) is 0 Å². The van der Waals surface area contributed by atoms with E-state index in [1.54, 1.807) is 0 Å². The number of likely N-dealkylation sites (N-methyl/N-ethyl adjacent to an activating group) is 1. The maximum absolute atomic E-state index is 10.7. The highest BCUT2D eigenvalue weighted by atomic mass is 16.5. The van der Waals surface area contributed by atoms with Gasteiger partial charge in [0.15, 0.2) is 5.84 Å². The molecule has 6 heteroatoms. The number of amidine groups is 1. The molecular weight excluding hydrogens is 150 g/mol. The lowest BCUT2D eigenvalue weighted by atomic mass is 10.5. The molecule has 0 heterocycles. The maximum Gasteiger partial charge on any atom is 0.409 e. The number of amides is 1. The van der Waals surface area contributed by atoms with Gasteiger partial charge in [0.1, 0.15) is 0 Å². The van der Waals surface area contributed by atoms with Gasteiger partial charge in [-0.05, 0) is 0 Å². The molecule has 0 fully saturated rings. The minimum Gasteiger partial charge on any atom is -0.453 e. The summed E-state index contributed by atoms with van der Waals surface area (Å²) in [6.07, 6.45) is -0.531. The second-order valence-corrected chi connectivity index (χ2v) is 1.92. The van der Waals surface area contributed by atoms with Gasteiger partial charge >= 0.3 is 6.09 Å². The highest BCUT2D eigenvalue weighted by molar-refractivity contribution is 5.84. The molecular formula is C5H11N3O3. The Balaban J connectivity index is 3.87. The number of carbonyl (C=O) groups is 1. The van der Waals surface area contributed by atoms with E-state index in [9.17, 15) is 4.79 Å². The van der Waals surface area contributed by atoms with Crippen molar-refractivity contribution in [2.24, 2.45) is 10.9 Å². The van der Waals surface area contributed by atoms with Crippen LogP contribution >= 0.6 is 0 Å². The Morgan fingerprint density at radius 3 is 2.73 bits per heavy atom. The second-order valence-electron chi connectivity index (χ2n) is 1.92. The van der Waals surface area contributed by atoms with Gasteiger partial charge in [0.2, 0.25) is 0 Å². The fourth-order valence-corrected chi connectivity index (χ4v) is 0.495. The topological polar surface area (TPSA) is 88.2 Å². The van der Waals surface area contributed by atoms with Crippen LogP contribution in [0.1, 0.15) is 0 Å². The lowest BCUT2D eigenvalue weighted by Crippen LogP contribution is -2.35. The summed E-state index contributed by atoms with van der Waals surface area (Å²) in [5.41, 5.74) is 5.12. The summed E-state index contributed by atoms with van der Waals surface area (Å²) in [5.74, 6) is -0.0436. The number of nitrogens with zero attached hydrogens (tertiary/aromatic N) is 2. The summed E-state index contributed by atoms with van der Waals surface area (Å²) in [6, 6.07) is 0. The zero-order chi connectivity index (χ0) is 8.85. The Hall–Kier alpha value is -1.46. The predicted molar refractivity (Wildman–Crippen MR) is 38.4 cm³/mol. The average molecular weight is 161 g/mol. The summed E-state index contributed by atoms with van der Waals surface area (Å²) in [5, 5.41) is 10.8. The maximum atomic E-state index is 10.7. The molecule has 0 saturated carbocycles. The Morgan fingerprint density at radius 2 is 2.36 bits per heavy atom. The van der Waals surface area contributed by atoms with Crippen LogP contribution in [0.15, 0.2) is 5.16 Å². The van der Waals surface area contributed by atoms with Crippen LogP contribution in [-0.4, -0.2) is 42.7 Å². The SMILES string of the molecule is COC(=O)N(C)C/C(N)=N/O. The molecule has 0 spiro atoms. The molecule has 0 aromatic heterocycles. The normalized spacial score (nSPS) is 10.9. The third-order valence-electron chi connectivity index (χ3n) is 1.01. The summed E-state index contributed by atoms with van der Waals surface area (Å²) < 4.78 is 4.35. The van der Waals surface area contributed by atoms with Crippen molar-refractivity contribution < 1.29 is 14.7 Å². The van der Waals surface area contributed by atoms with Gasteiger partial charge < -0.3 is 20.6 Å². The van der Waals surface area contributed by atoms with Gasteiger partial charge in [0.25, 0.3) is 0 Å². The summed E-state index contributed by atoms with van der Waals surface area (Å²) in [4.78, 5) is 11.9. The van der Waals surface area contributed by atoms with Gasteiger partial charge in [-0.2, -0.15) is 0 Å². The molecule has 0 atom stereocenters. The van der Waals surface area contributed by atoms with E-state index in [1.165, 1.54) is 19.1 Å². The number of ether oxygens (including phenoxy) is 1. The summed E-state index contributed by atoms with van der Waals surface area (Å²) in [6.45, 7) is 0.0448. The molecule has 0 aliphatic rings. The number of methoxy groups -OCH3 is 1. The molecule has 0 aliphatic carbocycles. The molecule has 64 valence electrons. The fraction of sp³-hybridized carbons (Fsp3) is 0.600. The van der Waals surface area contributed by atoms with Gasteiger partial charge in [-0.15, -0.1) is 0 Å². The number of hydrogen-bond donors (Lipinski definition) is 2. The Labute approximate surface area is 64.2 Å². The fourth-order valence-electron chi connectivity index (χ4n) is 0.495. The molecule has 0 aliphatic heterocycles. The second kappa shape index (κ2) is 4.37. The lowest BCUT2D eigenvalue weighted by Gasteiger charge is -2.13. The lowest BCUT2D eigenvalue weighted by molar-refractivity contribution is 0.138. The zero-order valence-electron chi connectivity index (χ0n) is 6.44. The van der Waals surface area contributed by atoms with Crippen LogP contribution in [0.5, 0.6) is 0 Å². The number of rotatable bonds is 2. The molecule has 0 rings (SSSR count). The van der Waals surface area contributed by atoms with Crippen LogP contribution in [0.3, 0.4) is 0 Å². The van der Waals surface area contributed by atoms with Crippen molar-refractivity contribution in [3.05, 3.63) is 0 Å². The largest absolute Gasteiger partial charge is 0.453 e. The van der Waals surface area contributed by atoms with Crippen LogP contribution in [0, 0.1) is 0 Å². The van der Waals surface area contributed by atoms with E-state index in [1.807, 2.05) is 0 Å². The quantitative estimate of drug-likeness (QED) is 0.246. The summed E-state index contributed by atoms with van der Waals surface area (Å²) in [7, 11) is 2.73. The van der Waals surface area contributed by atoms with Crippen LogP contribution in [0.4, 0.5) is 4.79 Å². The minimum atomic E-state index is -0.531. The van der Waals surface area contributed by atoms with Crippen LogP contribution in [0.25, 0.3) is 0 Å². The smallest absolute Gasteiger partial charge is 0.409 e. The Bertz CT molecular complexity index is 168. The van der Waals surface area contributed by atoms with Crippen molar-refractivity contribution in [3.8, 4) is 0 Å². The molecule has 6 nitrogen and oxygen atoms in total. The number of nitrogens with two attached hydrogens (primary N) is 1. The molecule has 1 amide bonds. The van der Waals surface area contributed by atoms with Crippen molar-refractivity contribution in [1.82, 2.24) is 4.90 Å². The third-order valence-corrected chi connectivity index (χ3v) is 1.01. The van der Waals surface area contributed by atoms with E-state index in [0.29, 0.717) is 0 Å². The molecule has 0 radical (unpaired) electrons. The van der Waals surface area contributed by atoms with E-state index < -0.39 is 6.09 Å². The molecule has 0 unspecified atom stereocenters. The molecule has 0 bridgehead atoms. The van der Waals surface area contributed by atoms with E-state index in [0.717, 1.165) is 0 Å². The van der Waals surface area contributed by atoms with Crippen molar-refractivity contribution >= 4 is 11.9 Å². The molecule has 3 N–H and O–H groups in total. The average Bonchev–Trinajstić information content (AvgIpc) is 2.02. The first-order valence-corrected chi connectivity index (χ1v) is 2.87. The van der Waals surface area contributed by atoms with Crippen molar-refractivity contribution in [1.29, 1.82) is 0 Å². The van der Waals surface area contributed by atoms with E-state index >= 15 is 0 Å². The van der Waals surface area contributed by atoms with Gasteiger partial charge in [-0.1, -0.05) is 5.16 Å². The standard InChI is InChI=1S/C5H11N3O3/c1-8(5(9)11-2)3-4(6)7-10/h10H,3H2,1-2H3,(H2,6,7). The first-order chi connectivity index (χ1) is 5.11. The highest BCUT2D eigenvalue weighted by Gasteiger charge is 2.08. The van der Waals surface area contributed by atoms with Crippen molar-refractivity contribution in [2.75, 3.05) is 20.7 Å². The number of carbonyl (C=O) groups excluding carboxylic acids is 1. The van der Waals surface area contributed by atoms with E-state index in [4.69, 9.17) is 10.9 Å². The molecule has 0 aromatic rings. The van der Waals surface area contributed by atoms with Gasteiger partial charge in [0.05, 0.1) is 13.7 Å². The minimum absolute atomic E-state index is 0.0436. The first-order valence-electron chi connectivity index (χ1n) is 2.87. The highest BCUT2D eigenvalue weighted by Crippen LogP contribution is 1.86. The Kier molecular flexibility index (Phi) is 3.79.